The molecular formula is C22H24N4O3. The fourth-order valence-electron chi connectivity index (χ4n) is 3.24. The van der Waals surface area contributed by atoms with Gasteiger partial charge < -0.3 is 5.32 Å². The first-order valence-corrected chi connectivity index (χ1v) is 9.47. The smallest absolute Gasteiger partial charge is 0.351 e. The largest absolute Gasteiger partial charge is 0.352 e. The highest BCUT2D eigenvalue weighted by Gasteiger charge is 2.20. The fourth-order valence-corrected chi connectivity index (χ4v) is 3.24. The molecule has 0 aliphatic rings. The van der Waals surface area contributed by atoms with Gasteiger partial charge in [0.25, 0.3) is 11.5 Å². The van der Waals surface area contributed by atoms with Crippen LogP contribution in [0.5, 0.6) is 0 Å². The van der Waals surface area contributed by atoms with Crippen LogP contribution in [0.15, 0.2) is 52.1 Å². The van der Waals surface area contributed by atoms with Gasteiger partial charge in [-0.2, -0.15) is 9.78 Å². The zero-order valence-electron chi connectivity index (χ0n) is 17.0. The van der Waals surface area contributed by atoms with Gasteiger partial charge in [0.2, 0.25) is 5.69 Å². The predicted molar refractivity (Wildman–Crippen MR) is 112 cm³/mol. The number of nitrogens with zero attached hydrogens (tertiary/aromatic N) is 3. The number of amides is 1. The minimum Gasteiger partial charge on any atom is -0.351 e. The van der Waals surface area contributed by atoms with Crippen molar-refractivity contribution in [2.45, 2.75) is 34.2 Å². The third-order valence-corrected chi connectivity index (χ3v) is 4.65. The molecule has 1 amide bonds. The van der Waals surface area contributed by atoms with Gasteiger partial charge >= 0.3 is 5.69 Å². The maximum atomic E-state index is 13.2. The van der Waals surface area contributed by atoms with Crippen molar-refractivity contribution in [2.24, 2.45) is 0 Å². The number of benzene rings is 2. The molecule has 0 fully saturated rings. The van der Waals surface area contributed by atoms with E-state index in [0.29, 0.717) is 12.2 Å². The summed E-state index contributed by atoms with van der Waals surface area (Å²) >= 11 is 0. The SMILES string of the molecule is CCNC(=O)c1nn(-c2cc(C)cc(C)c2)c(=O)n(Cc2ccccc2C)c1=O. The first-order chi connectivity index (χ1) is 13.8. The standard InChI is InChI=1S/C22H24N4O3/c1-5-23-20(27)19-21(28)25(13-17-9-7-6-8-16(17)4)22(29)26(24-19)18-11-14(2)10-15(3)12-18/h6-12H,5,13H2,1-4H3,(H,23,27). The van der Waals surface area contributed by atoms with E-state index in [0.717, 1.165) is 31.5 Å². The van der Waals surface area contributed by atoms with Gasteiger partial charge in [0, 0.05) is 6.54 Å². The number of carbonyl (C=O) groups is 1. The molecule has 3 rings (SSSR count). The van der Waals surface area contributed by atoms with Crippen molar-refractivity contribution in [1.82, 2.24) is 19.7 Å². The summed E-state index contributed by atoms with van der Waals surface area (Å²) in [7, 11) is 0. The highest BCUT2D eigenvalue weighted by molar-refractivity contribution is 5.91. The number of aromatic nitrogens is 3. The zero-order valence-corrected chi connectivity index (χ0v) is 17.0. The first-order valence-electron chi connectivity index (χ1n) is 9.47. The van der Waals surface area contributed by atoms with Crippen LogP contribution in [0.1, 0.15) is 39.7 Å². The van der Waals surface area contributed by atoms with Crippen molar-refractivity contribution in [3.8, 4) is 5.69 Å². The summed E-state index contributed by atoms with van der Waals surface area (Å²) in [6.45, 7) is 7.90. The van der Waals surface area contributed by atoms with E-state index in [1.165, 1.54) is 0 Å². The van der Waals surface area contributed by atoms with Crippen molar-refractivity contribution >= 4 is 5.91 Å². The summed E-state index contributed by atoms with van der Waals surface area (Å²) in [5.41, 5.74) is 2.59. The number of hydrogen-bond acceptors (Lipinski definition) is 4. The molecule has 0 unspecified atom stereocenters. The molecule has 29 heavy (non-hydrogen) atoms. The Bertz CT molecular complexity index is 1170. The van der Waals surface area contributed by atoms with Gasteiger partial charge in [-0.15, -0.1) is 0 Å². The lowest BCUT2D eigenvalue weighted by atomic mass is 10.1. The summed E-state index contributed by atoms with van der Waals surface area (Å²) in [6.07, 6.45) is 0. The summed E-state index contributed by atoms with van der Waals surface area (Å²) in [4.78, 5) is 38.6. The summed E-state index contributed by atoms with van der Waals surface area (Å²) in [6, 6.07) is 13.1. The summed E-state index contributed by atoms with van der Waals surface area (Å²) in [5, 5.41) is 6.72. The zero-order chi connectivity index (χ0) is 21.1. The molecule has 0 saturated heterocycles. The average molecular weight is 392 g/mol. The van der Waals surface area contributed by atoms with E-state index in [1.807, 2.05) is 51.1 Å². The van der Waals surface area contributed by atoms with E-state index in [-0.39, 0.29) is 12.2 Å². The number of hydrogen-bond donors (Lipinski definition) is 1. The molecule has 3 aromatic rings. The van der Waals surface area contributed by atoms with Crippen molar-refractivity contribution in [3.05, 3.63) is 91.3 Å². The molecule has 0 aliphatic carbocycles. The van der Waals surface area contributed by atoms with Gasteiger partial charge in [-0.1, -0.05) is 30.3 Å². The normalized spacial score (nSPS) is 10.8. The monoisotopic (exact) mass is 392 g/mol. The fraction of sp³-hybridized carbons (Fsp3) is 0.273. The molecule has 0 radical (unpaired) electrons. The second-order valence-corrected chi connectivity index (χ2v) is 7.07. The lowest BCUT2D eigenvalue weighted by Crippen LogP contribution is -2.46. The van der Waals surface area contributed by atoms with Crippen LogP contribution < -0.4 is 16.6 Å². The molecule has 0 bridgehead atoms. The number of rotatable bonds is 5. The maximum Gasteiger partial charge on any atom is 0.352 e. The van der Waals surface area contributed by atoms with Crippen LogP contribution in [0.25, 0.3) is 5.69 Å². The van der Waals surface area contributed by atoms with E-state index in [2.05, 4.69) is 10.4 Å². The molecule has 150 valence electrons. The Hall–Kier alpha value is -3.48. The minimum atomic E-state index is -0.704. The van der Waals surface area contributed by atoms with Crippen LogP contribution in [-0.2, 0) is 6.54 Å². The Morgan fingerprint density at radius 1 is 1.03 bits per heavy atom. The summed E-state index contributed by atoms with van der Waals surface area (Å²) in [5.74, 6) is -0.603. The van der Waals surface area contributed by atoms with Crippen molar-refractivity contribution in [1.29, 1.82) is 0 Å². The van der Waals surface area contributed by atoms with Gasteiger partial charge in [0.05, 0.1) is 12.2 Å². The highest BCUT2D eigenvalue weighted by atomic mass is 16.2. The second kappa shape index (κ2) is 8.26. The first kappa shape index (κ1) is 20.3. The highest BCUT2D eigenvalue weighted by Crippen LogP contribution is 2.12. The van der Waals surface area contributed by atoms with Gasteiger partial charge in [-0.3, -0.25) is 14.2 Å². The second-order valence-electron chi connectivity index (χ2n) is 7.07. The third-order valence-electron chi connectivity index (χ3n) is 4.65. The topological polar surface area (TPSA) is 86.0 Å². The molecule has 0 saturated carbocycles. The van der Waals surface area contributed by atoms with Crippen LogP contribution in [0.2, 0.25) is 0 Å². The lowest BCUT2D eigenvalue weighted by Gasteiger charge is -2.14. The minimum absolute atomic E-state index is 0.0596. The van der Waals surface area contributed by atoms with Crippen LogP contribution >= 0.6 is 0 Å². The lowest BCUT2D eigenvalue weighted by molar-refractivity contribution is 0.0946. The molecule has 7 heteroatoms. The molecule has 1 aromatic heterocycles. The van der Waals surface area contributed by atoms with Crippen molar-refractivity contribution < 1.29 is 4.79 Å². The van der Waals surface area contributed by atoms with Crippen LogP contribution in [-0.4, -0.2) is 26.8 Å². The van der Waals surface area contributed by atoms with Gasteiger partial charge in [-0.05, 0) is 62.1 Å². The van der Waals surface area contributed by atoms with Gasteiger partial charge in [-0.25, -0.2) is 4.79 Å². The van der Waals surface area contributed by atoms with E-state index < -0.39 is 17.2 Å². The Kier molecular flexibility index (Phi) is 5.77. The quantitative estimate of drug-likeness (QED) is 0.721. The van der Waals surface area contributed by atoms with E-state index >= 15 is 0 Å². The molecule has 0 aliphatic heterocycles. The van der Waals surface area contributed by atoms with Crippen molar-refractivity contribution in [2.75, 3.05) is 6.54 Å². The molecule has 0 atom stereocenters. The molecule has 7 nitrogen and oxygen atoms in total. The molecule has 1 N–H and O–H groups in total. The number of aryl methyl sites for hydroxylation is 3. The summed E-state index contributed by atoms with van der Waals surface area (Å²) < 4.78 is 2.20. The maximum absolute atomic E-state index is 13.2. The van der Waals surface area contributed by atoms with E-state index in [9.17, 15) is 14.4 Å². The van der Waals surface area contributed by atoms with Gasteiger partial charge in [0.1, 0.15) is 0 Å². The van der Waals surface area contributed by atoms with Crippen LogP contribution in [0.3, 0.4) is 0 Å². The molecule has 0 spiro atoms. The molecular weight excluding hydrogens is 368 g/mol. The van der Waals surface area contributed by atoms with E-state index in [4.69, 9.17) is 0 Å². The molecule has 1 heterocycles. The average Bonchev–Trinajstić information content (AvgIpc) is 2.66. The van der Waals surface area contributed by atoms with Gasteiger partial charge in [0.15, 0.2) is 0 Å². The Morgan fingerprint density at radius 2 is 1.69 bits per heavy atom. The van der Waals surface area contributed by atoms with Crippen LogP contribution in [0, 0.1) is 20.8 Å². The predicted octanol–water partition coefficient (Wildman–Crippen LogP) is 2.12. The van der Waals surface area contributed by atoms with Crippen molar-refractivity contribution in [3.63, 3.8) is 0 Å². The molecule has 2 aromatic carbocycles. The van der Waals surface area contributed by atoms with Crippen LogP contribution in [0.4, 0.5) is 0 Å². The number of nitrogens with one attached hydrogen (secondary N) is 1. The Labute approximate surface area is 168 Å². The Morgan fingerprint density at radius 3 is 2.31 bits per heavy atom. The Balaban J connectivity index is 2.28. The number of carbonyl (C=O) groups excluding carboxylic acids is 1. The van der Waals surface area contributed by atoms with E-state index in [1.54, 1.807) is 19.1 Å². The third kappa shape index (κ3) is 4.18.